The lowest BCUT2D eigenvalue weighted by molar-refractivity contribution is -0.425. The van der Waals surface area contributed by atoms with E-state index in [0.29, 0.717) is 12.1 Å². The minimum absolute atomic E-state index is 0.136. The van der Waals surface area contributed by atoms with Crippen molar-refractivity contribution < 1.29 is 66.6 Å². The second-order valence-electron chi connectivity index (χ2n) is 26.0. The monoisotopic (exact) mass is 1450 g/mol. The number of para-hydroxylation sites is 1. The molecule has 15 rings (SSSR count). The topological polar surface area (TPSA) is 26.3 Å². The van der Waals surface area contributed by atoms with Crippen LogP contribution in [-0.4, -0.2) is 47.7 Å². The Bertz CT molecular complexity index is 5300. The molecular weight excluding hydrogens is 1390 g/mol. The Balaban J connectivity index is 0.000000243. The Morgan fingerprint density at radius 1 is 0.321 bits per heavy atom. The van der Waals surface area contributed by atoms with Crippen LogP contribution in [0, 0.1) is 0 Å². The normalized spacial score (nSPS) is 12.8. The van der Waals surface area contributed by atoms with Gasteiger partial charge < -0.3 is 4.74 Å². The van der Waals surface area contributed by atoms with E-state index in [1.165, 1.54) is 155 Å². The first kappa shape index (κ1) is 71.8. The highest BCUT2D eigenvalue weighted by molar-refractivity contribution is 7.57. The number of hydrogen-bond acceptors (Lipinski definition) is 2. The molecule has 0 spiro atoms. The van der Waals surface area contributed by atoms with Crippen molar-refractivity contribution in [3.63, 3.8) is 0 Å². The number of alkyl halides is 13. The van der Waals surface area contributed by atoms with Crippen molar-refractivity contribution in [1.82, 2.24) is 0 Å². The molecule has 0 saturated carbocycles. The zero-order valence-electron chi connectivity index (χ0n) is 56.4. The number of carbonyl (C=O) groups excluding carboxylic acids is 1. The fourth-order valence-corrected chi connectivity index (χ4v) is 15.6. The lowest BCUT2D eigenvalue weighted by Crippen LogP contribution is -2.73. The summed E-state index contributed by atoms with van der Waals surface area (Å²) in [6, 6.07) is 109. The molecule has 0 aliphatic rings. The van der Waals surface area contributed by atoms with Crippen LogP contribution >= 0.6 is 8.58 Å². The van der Waals surface area contributed by atoms with Gasteiger partial charge in [-0.3, -0.25) is 0 Å². The number of unbranched alkanes of at least 4 members (excludes halogenated alkanes) is 1. The molecular formula is C90H62F13O2P. The number of hydrogen-bond donors (Lipinski definition) is 0. The van der Waals surface area contributed by atoms with E-state index >= 15 is 0 Å². The van der Waals surface area contributed by atoms with Crippen molar-refractivity contribution in [1.29, 1.82) is 0 Å². The van der Waals surface area contributed by atoms with E-state index < -0.39 is 66.3 Å². The zero-order valence-corrected chi connectivity index (χ0v) is 57.4. The Kier molecular flexibility index (Phi) is 19.5. The predicted octanol–water partition coefficient (Wildman–Crippen LogP) is 26.2. The summed E-state index contributed by atoms with van der Waals surface area (Å²) >= 11 is 0. The minimum Gasteiger partial charge on any atom is -0.422 e. The van der Waals surface area contributed by atoms with Gasteiger partial charge in [0.05, 0.1) is 0 Å². The molecule has 0 radical (unpaired) electrons. The van der Waals surface area contributed by atoms with Crippen molar-refractivity contribution in [2.24, 2.45) is 0 Å². The van der Waals surface area contributed by atoms with Crippen molar-refractivity contribution in [3.8, 4) is 72.5 Å². The standard InChI is InChI=1S/C72H47P.C18H15F13O2/c1-7-31-55-47(19-1)25-13-37-61(55)53-43-67(63-39-15-27-49-21-3-9-33-57(49)63)71(68(44-53)64-40-16-28-50-22-4-10-34-58(50)64)73-72-69(65-41-17-29-51-23-5-11-35-59(51)65)45-54(62-38-14-26-48-20-2-8-32-56(48)62)46-70(72)66-42-18-30-52-24-6-12-36-60(52)66;1-2-3-9-11(19)13(20,21)15(24,25)17(28,29)18(30,31)16(26,27)14(22,23)12(32)33-10-7-5-4-6-8-10/h1-46,73H;4-8,11H,2-3,9H2,1H3. The molecule has 0 aliphatic heterocycles. The number of fused-ring (bicyclic) bond motifs is 6. The summed E-state index contributed by atoms with van der Waals surface area (Å²) in [5.74, 6) is -49.3. The lowest BCUT2D eigenvalue weighted by atomic mass is 9.88. The number of halogens is 13. The van der Waals surface area contributed by atoms with Gasteiger partial charge >= 0.3 is 41.5 Å². The third kappa shape index (κ3) is 12.8. The minimum atomic E-state index is -7.99. The van der Waals surface area contributed by atoms with Gasteiger partial charge in [0.25, 0.3) is 0 Å². The molecule has 106 heavy (non-hydrogen) atoms. The van der Waals surface area contributed by atoms with Crippen molar-refractivity contribution in [3.05, 3.63) is 309 Å². The highest BCUT2D eigenvalue weighted by atomic mass is 31.1. The maximum atomic E-state index is 13.8. The first-order valence-electron chi connectivity index (χ1n) is 34.2. The SMILES string of the molecule is CCCCC(F)C(F)(F)C(F)(F)C(F)(F)C(F)(F)C(F)(F)C(F)(F)C(=O)Oc1ccccc1.c1ccc2c(-c3cc(-c4cccc5ccccc45)c(Pc4c(-c5cccc6ccccc56)cc(-c5cccc6ccccc56)cc4-c4cccc5ccccc45)c(-c4cccc5ccccc45)c3)cccc2c1. The highest BCUT2D eigenvalue weighted by Crippen LogP contribution is 2.61. The molecule has 15 aromatic carbocycles. The third-order valence-corrected chi connectivity index (χ3v) is 21.0. The fraction of sp³-hybridized carbons (Fsp3) is 0.122. The van der Waals surface area contributed by atoms with Gasteiger partial charge in [0.1, 0.15) is 5.75 Å². The van der Waals surface area contributed by atoms with Crippen LogP contribution in [0.25, 0.3) is 131 Å². The van der Waals surface area contributed by atoms with E-state index in [-0.39, 0.29) is 15.0 Å². The van der Waals surface area contributed by atoms with Crippen LogP contribution in [0.1, 0.15) is 26.2 Å². The van der Waals surface area contributed by atoms with Gasteiger partial charge in [0.2, 0.25) is 0 Å². The second-order valence-corrected chi connectivity index (χ2v) is 27.2. The number of ether oxygens (including phenoxy) is 1. The Labute approximate surface area is 603 Å². The first-order valence-corrected chi connectivity index (χ1v) is 35.2. The van der Waals surface area contributed by atoms with Crippen LogP contribution in [0.5, 0.6) is 5.75 Å². The molecule has 15 aromatic rings. The van der Waals surface area contributed by atoms with E-state index in [4.69, 9.17) is 0 Å². The molecule has 0 fully saturated rings. The van der Waals surface area contributed by atoms with Gasteiger partial charge in [0, 0.05) is 0 Å². The summed E-state index contributed by atoms with van der Waals surface area (Å²) in [5, 5.41) is 17.5. The average Bonchev–Trinajstić information content (AvgIpc) is 0.705. The average molecular weight is 1450 g/mol. The van der Waals surface area contributed by atoms with Crippen molar-refractivity contribution in [2.45, 2.75) is 67.9 Å². The number of esters is 1. The van der Waals surface area contributed by atoms with Crippen molar-refractivity contribution >= 4 is 89.8 Å². The van der Waals surface area contributed by atoms with E-state index in [9.17, 15) is 61.9 Å². The summed E-state index contributed by atoms with van der Waals surface area (Å²) in [6.45, 7) is 1.23. The molecule has 0 N–H and O–H groups in total. The van der Waals surface area contributed by atoms with E-state index in [1.807, 2.05) is 0 Å². The summed E-state index contributed by atoms with van der Waals surface area (Å²) < 4.78 is 182. The van der Waals surface area contributed by atoms with E-state index in [2.05, 4.69) is 284 Å². The molecule has 1 unspecified atom stereocenters. The van der Waals surface area contributed by atoms with Gasteiger partial charge in [0.15, 0.2) is 6.17 Å². The maximum Gasteiger partial charge on any atom is 0.411 e. The maximum absolute atomic E-state index is 13.8. The summed E-state index contributed by atoms with van der Waals surface area (Å²) in [4.78, 5) is 11.3. The van der Waals surface area contributed by atoms with Crippen LogP contribution in [0.4, 0.5) is 57.1 Å². The highest BCUT2D eigenvalue weighted by Gasteiger charge is 2.92. The molecule has 1 atom stereocenters. The van der Waals surface area contributed by atoms with Crippen LogP contribution < -0.4 is 15.3 Å². The smallest absolute Gasteiger partial charge is 0.411 e. The van der Waals surface area contributed by atoms with Gasteiger partial charge in [-0.1, -0.05) is 301 Å². The number of carbonyl (C=O) groups is 1. The molecule has 0 amide bonds. The van der Waals surface area contributed by atoms with Gasteiger partial charge in [-0.25, -0.2) is 9.18 Å². The van der Waals surface area contributed by atoms with Gasteiger partial charge in [-0.2, -0.15) is 52.7 Å². The van der Waals surface area contributed by atoms with Crippen LogP contribution in [0.3, 0.4) is 0 Å². The van der Waals surface area contributed by atoms with Gasteiger partial charge in [-0.05, 0) is 185 Å². The molecule has 0 heterocycles. The molecule has 2 nitrogen and oxygen atoms in total. The molecule has 0 aromatic heterocycles. The Hall–Kier alpha value is -11.2. The van der Waals surface area contributed by atoms with E-state index in [1.54, 1.807) is 0 Å². The number of benzene rings is 15. The molecule has 0 saturated heterocycles. The lowest BCUT2D eigenvalue weighted by Gasteiger charge is -2.41. The van der Waals surface area contributed by atoms with Crippen molar-refractivity contribution in [2.75, 3.05) is 0 Å². The van der Waals surface area contributed by atoms with Gasteiger partial charge in [-0.15, -0.1) is 0 Å². The molecule has 16 heteroatoms. The predicted molar refractivity (Wildman–Crippen MR) is 404 cm³/mol. The molecule has 0 bridgehead atoms. The third-order valence-electron chi connectivity index (χ3n) is 19.5. The summed E-state index contributed by atoms with van der Waals surface area (Å²) in [7, 11) is 0.229. The summed E-state index contributed by atoms with van der Waals surface area (Å²) in [6.07, 6.45) is -6.53. The quantitative estimate of drug-likeness (QED) is 0.0349. The Morgan fingerprint density at radius 3 is 0.896 bits per heavy atom. The fourth-order valence-electron chi connectivity index (χ4n) is 14.0. The van der Waals surface area contributed by atoms with E-state index in [0.717, 1.165) is 12.1 Å². The largest absolute Gasteiger partial charge is 0.422 e. The Morgan fingerprint density at radius 2 is 0.585 bits per heavy atom. The van der Waals surface area contributed by atoms with Crippen LogP contribution in [0.2, 0.25) is 0 Å². The number of rotatable bonds is 19. The zero-order chi connectivity index (χ0) is 74.3. The summed E-state index contributed by atoms with van der Waals surface area (Å²) in [5.41, 5.74) is 14.8. The molecule has 0 aliphatic carbocycles. The molecule has 530 valence electrons. The second kappa shape index (κ2) is 28.7. The van der Waals surface area contributed by atoms with Crippen LogP contribution in [-0.2, 0) is 4.79 Å². The first-order chi connectivity index (χ1) is 50.9. The van der Waals surface area contributed by atoms with Crippen LogP contribution in [0.15, 0.2) is 309 Å².